The lowest BCUT2D eigenvalue weighted by atomic mass is 10.1. The Kier molecular flexibility index (Phi) is 6.75. The normalized spacial score (nSPS) is 14.4. The second kappa shape index (κ2) is 9.44. The number of benzene rings is 2. The Bertz CT molecular complexity index is 1360. The Morgan fingerprint density at radius 1 is 1.18 bits per heavy atom. The molecule has 10 heteroatoms. The van der Waals surface area contributed by atoms with Crippen molar-refractivity contribution in [2.45, 2.75) is 51.5 Å². The van der Waals surface area contributed by atoms with Gasteiger partial charge in [0.1, 0.15) is 6.04 Å². The highest BCUT2D eigenvalue weighted by molar-refractivity contribution is 7.89. The molecule has 8 nitrogen and oxygen atoms in total. The van der Waals surface area contributed by atoms with Gasteiger partial charge in [0.05, 0.1) is 15.1 Å². The maximum atomic E-state index is 13.2. The van der Waals surface area contributed by atoms with Crippen LogP contribution in [0.25, 0.3) is 10.2 Å². The summed E-state index contributed by atoms with van der Waals surface area (Å²) in [6.07, 6.45) is 0.982. The minimum absolute atomic E-state index is 0.00836. The van der Waals surface area contributed by atoms with Crippen LogP contribution in [0.1, 0.15) is 38.3 Å². The lowest BCUT2D eigenvalue weighted by Crippen LogP contribution is -2.47. The van der Waals surface area contributed by atoms with Crippen molar-refractivity contribution in [2.24, 2.45) is 5.92 Å². The number of carbonyl (C=O) groups excluding carboxylic acids is 2. The van der Waals surface area contributed by atoms with Gasteiger partial charge in [-0.2, -0.15) is 4.72 Å². The first kappa shape index (κ1) is 24.3. The Balaban J connectivity index is 1.53. The van der Waals surface area contributed by atoms with E-state index in [1.807, 2.05) is 25.1 Å². The molecule has 0 spiro atoms. The van der Waals surface area contributed by atoms with Gasteiger partial charge in [0.15, 0.2) is 5.13 Å². The molecule has 4 rings (SSSR count). The molecule has 0 saturated heterocycles. The maximum absolute atomic E-state index is 13.2. The summed E-state index contributed by atoms with van der Waals surface area (Å²) in [7, 11) is -3.97. The highest BCUT2D eigenvalue weighted by Gasteiger charge is 2.31. The zero-order valence-electron chi connectivity index (χ0n) is 19.6. The molecule has 0 radical (unpaired) electrons. The van der Waals surface area contributed by atoms with Gasteiger partial charge in [-0.15, -0.1) is 0 Å². The van der Waals surface area contributed by atoms with Crippen LogP contribution in [0.3, 0.4) is 0 Å². The smallest absolute Gasteiger partial charge is 0.244 e. The zero-order valence-corrected chi connectivity index (χ0v) is 21.2. The molecule has 2 heterocycles. The highest BCUT2D eigenvalue weighted by Crippen LogP contribution is 2.31. The van der Waals surface area contributed by atoms with E-state index in [0.717, 1.165) is 27.0 Å². The Morgan fingerprint density at radius 3 is 2.65 bits per heavy atom. The maximum Gasteiger partial charge on any atom is 0.244 e. The number of hydrogen-bond acceptors (Lipinski definition) is 6. The lowest BCUT2D eigenvalue weighted by molar-refractivity contribution is -0.119. The molecule has 2 amide bonds. The molecule has 2 aromatic carbocycles. The van der Waals surface area contributed by atoms with E-state index in [-0.39, 0.29) is 16.7 Å². The average molecular weight is 501 g/mol. The van der Waals surface area contributed by atoms with Crippen molar-refractivity contribution in [3.05, 3.63) is 47.5 Å². The summed E-state index contributed by atoms with van der Waals surface area (Å²) >= 11 is 1.35. The molecule has 0 fully saturated rings. The monoisotopic (exact) mass is 500 g/mol. The Labute approximate surface area is 203 Å². The van der Waals surface area contributed by atoms with E-state index in [0.29, 0.717) is 24.5 Å². The molecule has 1 aromatic heterocycles. The molecular formula is C24H28N4O4S2. The SMILES string of the molecule is CCC(=O)N1CCc2cc(S(=O)(=O)N[C@@H](C(=O)Nc3nc4ccc(C)cc4s3)C(C)C)ccc21. The van der Waals surface area contributed by atoms with Crippen molar-refractivity contribution in [3.8, 4) is 0 Å². The Hall–Kier alpha value is -2.82. The molecule has 0 unspecified atom stereocenters. The van der Waals surface area contributed by atoms with E-state index in [4.69, 9.17) is 0 Å². The first-order valence-electron chi connectivity index (χ1n) is 11.2. The first-order valence-corrected chi connectivity index (χ1v) is 13.5. The van der Waals surface area contributed by atoms with Crippen molar-refractivity contribution in [3.63, 3.8) is 0 Å². The van der Waals surface area contributed by atoms with Gasteiger partial charge in [-0.1, -0.05) is 38.2 Å². The van der Waals surface area contributed by atoms with Crippen LogP contribution in [0.4, 0.5) is 10.8 Å². The van der Waals surface area contributed by atoms with Gasteiger partial charge >= 0.3 is 0 Å². The van der Waals surface area contributed by atoms with Crippen LogP contribution in [0.15, 0.2) is 41.3 Å². The minimum atomic E-state index is -3.97. The number of nitrogens with zero attached hydrogens (tertiary/aromatic N) is 2. The van der Waals surface area contributed by atoms with Crippen LogP contribution >= 0.6 is 11.3 Å². The number of aryl methyl sites for hydroxylation is 1. The molecule has 1 aliphatic heterocycles. The molecular weight excluding hydrogens is 472 g/mol. The number of aromatic nitrogens is 1. The number of hydrogen-bond donors (Lipinski definition) is 2. The number of carbonyl (C=O) groups is 2. The largest absolute Gasteiger partial charge is 0.312 e. The predicted octanol–water partition coefficient (Wildman–Crippen LogP) is 3.85. The van der Waals surface area contributed by atoms with Crippen molar-refractivity contribution in [1.29, 1.82) is 0 Å². The molecule has 0 bridgehead atoms. The lowest BCUT2D eigenvalue weighted by Gasteiger charge is -2.21. The summed E-state index contributed by atoms with van der Waals surface area (Å²) in [6, 6.07) is 9.59. The molecule has 0 saturated carbocycles. The first-order chi connectivity index (χ1) is 16.1. The summed E-state index contributed by atoms with van der Waals surface area (Å²) in [5.41, 5.74) is 3.43. The van der Waals surface area contributed by atoms with E-state index in [2.05, 4.69) is 15.0 Å². The molecule has 180 valence electrons. The summed E-state index contributed by atoms with van der Waals surface area (Å²) in [6.45, 7) is 7.89. The standard InChI is InChI=1S/C24H28N4O4S2/c1-5-21(29)28-11-10-16-13-17(7-9-19(16)28)34(31,32)27-22(14(2)3)23(30)26-24-25-18-8-6-15(4)12-20(18)33-24/h6-9,12-14,22,27H,5,10-11H2,1-4H3,(H,25,26,30)/t22-/m1/s1. The molecule has 3 aromatic rings. The predicted molar refractivity (Wildman–Crippen MR) is 135 cm³/mol. The van der Waals surface area contributed by atoms with Crippen molar-refractivity contribution >= 4 is 54.2 Å². The summed E-state index contributed by atoms with van der Waals surface area (Å²) in [5.74, 6) is -0.747. The van der Waals surface area contributed by atoms with E-state index in [1.165, 1.54) is 17.4 Å². The summed E-state index contributed by atoms with van der Waals surface area (Å²) < 4.78 is 29.9. The van der Waals surface area contributed by atoms with E-state index in [1.54, 1.807) is 37.8 Å². The number of nitrogens with one attached hydrogen (secondary N) is 2. The summed E-state index contributed by atoms with van der Waals surface area (Å²) in [4.78, 5) is 31.3. The third-order valence-electron chi connectivity index (χ3n) is 5.87. The quantitative estimate of drug-likeness (QED) is 0.512. The molecule has 0 aliphatic carbocycles. The average Bonchev–Trinajstić information content (AvgIpc) is 3.39. The number of sulfonamides is 1. The third kappa shape index (κ3) is 4.84. The van der Waals surface area contributed by atoms with Gasteiger partial charge in [0.2, 0.25) is 21.8 Å². The van der Waals surface area contributed by atoms with Crippen LogP contribution in [0, 0.1) is 12.8 Å². The number of amides is 2. The topological polar surface area (TPSA) is 108 Å². The fourth-order valence-corrected chi connectivity index (χ4v) is 6.35. The van der Waals surface area contributed by atoms with Crippen LogP contribution < -0.4 is 14.9 Å². The summed E-state index contributed by atoms with van der Waals surface area (Å²) in [5, 5.41) is 3.19. The van der Waals surface area contributed by atoms with Gasteiger partial charge in [-0.25, -0.2) is 13.4 Å². The highest BCUT2D eigenvalue weighted by atomic mass is 32.2. The third-order valence-corrected chi connectivity index (χ3v) is 8.24. The zero-order chi connectivity index (χ0) is 24.6. The van der Waals surface area contributed by atoms with Crippen LogP contribution in [-0.4, -0.2) is 37.8 Å². The van der Waals surface area contributed by atoms with Gasteiger partial charge < -0.3 is 10.2 Å². The van der Waals surface area contributed by atoms with Gasteiger partial charge in [-0.3, -0.25) is 9.59 Å². The number of fused-ring (bicyclic) bond motifs is 2. The van der Waals surface area contributed by atoms with Crippen LogP contribution in [0.5, 0.6) is 0 Å². The van der Waals surface area contributed by atoms with Gasteiger partial charge in [0.25, 0.3) is 0 Å². The number of anilines is 2. The fourth-order valence-electron chi connectivity index (χ4n) is 3.99. The van der Waals surface area contributed by atoms with E-state index in [9.17, 15) is 18.0 Å². The van der Waals surface area contributed by atoms with E-state index < -0.39 is 22.0 Å². The number of thiazole rings is 1. The molecule has 34 heavy (non-hydrogen) atoms. The second-order valence-corrected chi connectivity index (χ2v) is 11.5. The molecule has 1 atom stereocenters. The molecule has 1 aliphatic rings. The van der Waals surface area contributed by atoms with Crippen molar-refractivity contribution in [1.82, 2.24) is 9.71 Å². The second-order valence-electron chi connectivity index (χ2n) is 8.76. The van der Waals surface area contributed by atoms with E-state index >= 15 is 0 Å². The van der Waals surface area contributed by atoms with Crippen molar-refractivity contribution < 1.29 is 18.0 Å². The molecule has 2 N–H and O–H groups in total. The van der Waals surface area contributed by atoms with Crippen molar-refractivity contribution in [2.75, 3.05) is 16.8 Å². The van der Waals surface area contributed by atoms with Gasteiger partial charge in [0, 0.05) is 18.7 Å². The minimum Gasteiger partial charge on any atom is -0.312 e. The fraction of sp³-hybridized carbons (Fsp3) is 0.375. The van der Waals surface area contributed by atoms with Gasteiger partial charge in [-0.05, 0) is 60.7 Å². The number of rotatable bonds is 7. The Morgan fingerprint density at radius 2 is 1.94 bits per heavy atom. The van der Waals surface area contributed by atoms with Crippen LogP contribution in [-0.2, 0) is 26.0 Å². The van der Waals surface area contributed by atoms with Crippen LogP contribution in [0.2, 0.25) is 0 Å².